The molecule has 1 unspecified atom stereocenters. The van der Waals surface area contributed by atoms with E-state index in [1.165, 1.54) is 22.9 Å². The molecule has 5 nitrogen and oxygen atoms in total. The molecule has 2 aromatic heterocycles. The van der Waals surface area contributed by atoms with Gasteiger partial charge in [-0.1, -0.05) is 78.3 Å². The lowest BCUT2D eigenvalue weighted by Gasteiger charge is -2.13. The van der Waals surface area contributed by atoms with Crippen molar-refractivity contribution in [2.75, 3.05) is 5.32 Å². The maximum absolute atomic E-state index is 12.9. The van der Waals surface area contributed by atoms with Gasteiger partial charge < -0.3 is 10.3 Å². The number of carbonyl (C=O) groups is 1. The van der Waals surface area contributed by atoms with Gasteiger partial charge >= 0.3 is 0 Å². The number of benzene rings is 2. The van der Waals surface area contributed by atoms with Crippen molar-refractivity contribution >= 4 is 23.4 Å². The number of amides is 1. The number of nitrogens with zero attached hydrogens (tertiary/aromatic N) is 2. The van der Waals surface area contributed by atoms with Gasteiger partial charge in [-0.3, -0.25) is 9.78 Å². The number of aromatic amines is 1. The lowest BCUT2D eigenvalue weighted by Crippen LogP contribution is -2.24. The molecule has 162 valence electrons. The van der Waals surface area contributed by atoms with E-state index < -0.39 is 0 Å². The number of pyridine rings is 1. The van der Waals surface area contributed by atoms with Gasteiger partial charge in [-0.2, -0.15) is 0 Å². The lowest BCUT2D eigenvalue weighted by atomic mass is 10.0. The maximum atomic E-state index is 12.9. The SMILES string of the molecule is CCC(Sc1nc(-c2ccc(C)cc2)c(-c2ccc(C)cc2)[nH]1)C(=O)Nc1cccnc1. The van der Waals surface area contributed by atoms with Crippen molar-refractivity contribution in [3.05, 3.63) is 84.2 Å². The summed E-state index contributed by atoms with van der Waals surface area (Å²) in [5, 5.41) is 3.39. The van der Waals surface area contributed by atoms with Crippen LogP contribution in [-0.4, -0.2) is 26.1 Å². The summed E-state index contributed by atoms with van der Waals surface area (Å²) in [7, 11) is 0. The van der Waals surface area contributed by atoms with Gasteiger partial charge in [0.1, 0.15) is 0 Å². The second kappa shape index (κ2) is 9.83. The number of imidazole rings is 1. The predicted octanol–water partition coefficient (Wildman–Crippen LogP) is 6.26. The first-order valence-electron chi connectivity index (χ1n) is 10.6. The summed E-state index contributed by atoms with van der Waals surface area (Å²) in [5.41, 5.74) is 7.06. The van der Waals surface area contributed by atoms with E-state index in [0.29, 0.717) is 12.1 Å². The number of H-pyrrole nitrogens is 1. The number of aromatic nitrogens is 3. The summed E-state index contributed by atoms with van der Waals surface area (Å²) in [6, 6.07) is 20.4. The molecule has 0 spiro atoms. The Hall–Kier alpha value is -3.38. The van der Waals surface area contributed by atoms with Gasteiger partial charge in [0.05, 0.1) is 28.5 Å². The molecule has 4 rings (SSSR count). The Labute approximate surface area is 192 Å². The molecular formula is C26H26N4OS. The van der Waals surface area contributed by atoms with Crippen LogP contribution in [0, 0.1) is 13.8 Å². The Bertz CT molecular complexity index is 1120. The Morgan fingerprint density at radius 1 is 1.00 bits per heavy atom. The molecule has 32 heavy (non-hydrogen) atoms. The minimum atomic E-state index is -0.280. The van der Waals surface area contributed by atoms with Crippen LogP contribution in [0.2, 0.25) is 0 Å². The van der Waals surface area contributed by atoms with Crippen LogP contribution in [0.25, 0.3) is 22.5 Å². The molecule has 0 aliphatic heterocycles. The fourth-order valence-corrected chi connectivity index (χ4v) is 4.28. The second-order valence-corrected chi connectivity index (χ2v) is 8.93. The first-order chi connectivity index (χ1) is 15.5. The third-order valence-corrected chi connectivity index (χ3v) is 6.44. The molecule has 0 fully saturated rings. The Morgan fingerprint density at radius 2 is 1.66 bits per heavy atom. The van der Waals surface area contributed by atoms with Crippen LogP contribution >= 0.6 is 11.8 Å². The molecule has 6 heteroatoms. The molecule has 1 amide bonds. The highest BCUT2D eigenvalue weighted by Gasteiger charge is 2.22. The Balaban J connectivity index is 1.64. The Morgan fingerprint density at radius 3 is 2.25 bits per heavy atom. The average Bonchev–Trinajstić information content (AvgIpc) is 3.23. The van der Waals surface area contributed by atoms with Crippen LogP contribution in [0.1, 0.15) is 24.5 Å². The van der Waals surface area contributed by atoms with Crippen LogP contribution < -0.4 is 5.32 Å². The second-order valence-electron chi connectivity index (χ2n) is 7.74. The monoisotopic (exact) mass is 442 g/mol. The number of anilines is 1. The van der Waals surface area contributed by atoms with Gasteiger partial charge in [0.15, 0.2) is 5.16 Å². The highest BCUT2D eigenvalue weighted by molar-refractivity contribution is 8.00. The standard InChI is InChI=1S/C26H26N4OS/c1-4-22(25(31)28-21-6-5-15-27-16-21)32-26-29-23(19-11-7-17(2)8-12-19)24(30-26)20-13-9-18(3)10-14-20/h5-16,22H,4H2,1-3H3,(H,28,31)(H,29,30). The van der Waals surface area contributed by atoms with Crippen LogP contribution in [-0.2, 0) is 4.79 Å². The summed E-state index contributed by atoms with van der Waals surface area (Å²) in [6.07, 6.45) is 4.01. The molecule has 2 heterocycles. The van der Waals surface area contributed by atoms with Crippen LogP contribution in [0.3, 0.4) is 0 Å². The number of hydrogen-bond donors (Lipinski definition) is 2. The van der Waals surface area contributed by atoms with Crippen molar-refractivity contribution in [1.82, 2.24) is 15.0 Å². The normalized spacial score (nSPS) is 11.8. The average molecular weight is 443 g/mol. The third-order valence-electron chi connectivity index (χ3n) is 5.19. The molecule has 0 radical (unpaired) electrons. The van der Waals surface area contributed by atoms with E-state index in [-0.39, 0.29) is 11.2 Å². The Kier molecular flexibility index (Phi) is 6.71. The third kappa shape index (κ3) is 5.08. The molecular weight excluding hydrogens is 416 g/mol. The molecule has 2 aromatic carbocycles. The quantitative estimate of drug-likeness (QED) is 0.331. The van der Waals surface area contributed by atoms with Gasteiger partial charge in [0.25, 0.3) is 0 Å². The predicted molar refractivity (Wildman–Crippen MR) is 132 cm³/mol. The van der Waals surface area contributed by atoms with Crippen molar-refractivity contribution in [3.63, 3.8) is 0 Å². The minimum absolute atomic E-state index is 0.0596. The van der Waals surface area contributed by atoms with Crippen molar-refractivity contribution in [3.8, 4) is 22.5 Å². The summed E-state index contributed by atoms with van der Waals surface area (Å²) in [6.45, 7) is 6.15. The van der Waals surface area contributed by atoms with Crippen molar-refractivity contribution in [2.24, 2.45) is 0 Å². The highest BCUT2D eigenvalue weighted by atomic mass is 32.2. The highest BCUT2D eigenvalue weighted by Crippen LogP contribution is 2.35. The van der Waals surface area contributed by atoms with Gasteiger partial charge in [-0.15, -0.1) is 0 Å². The minimum Gasteiger partial charge on any atom is -0.332 e. The van der Waals surface area contributed by atoms with E-state index in [1.807, 2.05) is 13.0 Å². The van der Waals surface area contributed by atoms with E-state index in [1.54, 1.807) is 18.5 Å². The number of aryl methyl sites for hydroxylation is 2. The summed E-state index contributed by atoms with van der Waals surface area (Å²) >= 11 is 1.45. The summed E-state index contributed by atoms with van der Waals surface area (Å²) in [5.74, 6) is -0.0596. The lowest BCUT2D eigenvalue weighted by molar-refractivity contribution is -0.115. The molecule has 4 aromatic rings. The van der Waals surface area contributed by atoms with Crippen molar-refractivity contribution in [1.29, 1.82) is 0 Å². The number of rotatable bonds is 7. The molecule has 0 aliphatic carbocycles. The van der Waals surface area contributed by atoms with Crippen LogP contribution in [0.4, 0.5) is 5.69 Å². The van der Waals surface area contributed by atoms with Gasteiger partial charge in [0.2, 0.25) is 5.91 Å². The smallest absolute Gasteiger partial charge is 0.238 e. The van der Waals surface area contributed by atoms with Crippen LogP contribution in [0.5, 0.6) is 0 Å². The van der Waals surface area contributed by atoms with E-state index in [2.05, 4.69) is 77.7 Å². The van der Waals surface area contributed by atoms with Crippen LogP contribution in [0.15, 0.2) is 78.2 Å². The zero-order chi connectivity index (χ0) is 22.5. The number of hydrogen-bond acceptors (Lipinski definition) is 4. The zero-order valence-corrected chi connectivity index (χ0v) is 19.2. The van der Waals surface area contributed by atoms with E-state index in [0.717, 1.165) is 27.7 Å². The molecule has 0 saturated heterocycles. The van der Waals surface area contributed by atoms with E-state index in [4.69, 9.17) is 4.98 Å². The fraction of sp³-hybridized carbons (Fsp3) is 0.192. The topological polar surface area (TPSA) is 70.7 Å². The van der Waals surface area contributed by atoms with Crippen molar-refractivity contribution < 1.29 is 4.79 Å². The summed E-state index contributed by atoms with van der Waals surface area (Å²) in [4.78, 5) is 25.3. The molecule has 1 atom stereocenters. The van der Waals surface area contributed by atoms with Crippen molar-refractivity contribution in [2.45, 2.75) is 37.6 Å². The van der Waals surface area contributed by atoms with E-state index in [9.17, 15) is 4.79 Å². The summed E-state index contributed by atoms with van der Waals surface area (Å²) < 4.78 is 0. The first kappa shape index (κ1) is 21.8. The molecule has 0 bridgehead atoms. The zero-order valence-electron chi connectivity index (χ0n) is 18.4. The molecule has 0 saturated carbocycles. The maximum Gasteiger partial charge on any atom is 0.238 e. The van der Waals surface area contributed by atoms with E-state index >= 15 is 0 Å². The van der Waals surface area contributed by atoms with Gasteiger partial charge in [-0.05, 0) is 32.4 Å². The molecule has 0 aliphatic rings. The fourth-order valence-electron chi connectivity index (χ4n) is 3.37. The van der Waals surface area contributed by atoms with Gasteiger partial charge in [-0.25, -0.2) is 4.98 Å². The largest absolute Gasteiger partial charge is 0.332 e. The number of thioether (sulfide) groups is 1. The first-order valence-corrected chi connectivity index (χ1v) is 11.5. The van der Waals surface area contributed by atoms with Gasteiger partial charge in [0, 0.05) is 17.3 Å². The number of nitrogens with one attached hydrogen (secondary N) is 2. The number of carbonyl (C=O) groups excluding carboxylic acids is 1. The molecule has 2 N–H and O–H groups in total.